The fourth-order valence-electron chi connectivity index (χ4n) is 0.539. The molecule has 0 fully saturated rings. The van der Waals surface area contributed by atoms with E-state index >= 15 is 0 Å². The Bertz CT molecular complexity index is 231. The first-order valence-corrected chi connectivity index (χ1v) is 2.61. The number of hydrogen-bond donors (Lipinski definition) is 1. The average molecular weight is 139 g/mol. The zero-order chi connectivity index (χ0) is 7.56. The first-order valence-electron chi connectivity index (χ1n) is 2.61. The average Bonchev–Trinajstić information content (AvgIpc) is 1.88. The van der Waals surface area contributed by atoms with E-state index in [1.54, 1.807) is 0 Å². The highest BCUT2D eigenvalue weighted by molar-refractivity contribution is 6.15. The summed E-state index contributed by atoms with van der Waals surface area (Å²) in [5.74, 6) is -0.618. The lowest BCUT2D eigenvalue weighted by Gasteiger charge is -2.04. The van der Waals surface area contributed by atoms with E-state index in [0.717, 1.165) is 0 Å². The van der Waals surface area contributed by atoms with Crippen LogP contribution in [-0.4, -0.2) is 24.4 Å². The lowest BCUT2D eigenvalue weighted by atomic mass is 10.1. The molecule has 0 saturated heterocycles. The predicted molar refractivity (Wildman–Crippen MR) is 35.1 cm³/mol. The van der Waals surface area contributed by atoms with E-state index in [2.05, 4.69) is 9.98 Å². The standard InChI is InChI=1S/C5H5N3O2/c6-4-3(2-9)1-7-5(10)8-4/h1-3H,(H2,6,8,10). The third kappa shape index (κ3) is 1.07. The van der Waals surface area contributed by atoms with Crippen LogP contribution in [0, 0.1) is 5.92 Å². The molecule has 1 unspecified atom stereocenters. The molecule has 0 aromatic carbocycles. The van der Waals surface area contributed by atoms with E-state index < -0.39 is 11.9 Å². The molecule has 2 N–H and O–H groups in total. The van der Waals surface area contributed by atoms with Gasteiger partial charge in [0.25, 0.3) is 0 Å². The van der Waals surface area contributed by atoms with Crippen LogP contribution in [0.3, 0.4) is 0 Å². The summed E-state index contributed by atoms with van der Waals surface area (Å²) in [6.45, 7) is 0. The number of aldehydes is 1. The number of urea groups is 1. The highest BCUT2D eigenvalue weighted by Crippen LogP contribution is 1.97. The third-order valence-electron chi connectivity index (χ3n) is 1.06. The molecule has 5 nitrogen and oxygen atoms in total. The Hall–Kier alpha value is -1.52. The van der Waals surface area contributed by atoms with Crippen LogP contribution in [0.15, 0.2) is 9.98 Å². The SMILES string of the molecule is NC1=NC(=O)N=CC1C=O. The summed E-state index contributed by atoms with van der Waals surface area (Å²) in [6.07, 6.45) is 1.76. The van der Waals surface area contributed by atoms with Crippen LogP contribution >= 0.6 is 0 Å². The highest BCUT2D eigenvalue weighted by Gasteiger charge is 2.14. The Labute approximate surface area is 56.6 Å². The monoisotopic (exact) mass is 139 g/mol. The van der Waals surface area contributed by atoms with Crippen molar-refractivity contribution in [2.24, 2.45) is 21.6 Å². The maximum absolute atomic E-state index is 10.4. The van der Waals surface area contributed by atoms with Crippen LogP contribution in [0.4, 0.5) is 4.79 Å². The summed E-state index contributed by atoms with van der Waals surface area (Å²) in [5, 5.41) is 0. The van der Waals surface area contributed by atoms with Crippen molar-refractivity contribution in [1.29, 1.82) is 0 Å². The molecule has 0 saturated carbocycles. The summed E-state index contributed by atoms with van der Waals surface area (Å²) in [5.41, 5.74) is 5.19. The minimum absolute atomic E-state index is 0.00926. The van der Waals surface area contributed by atoms with Gasteiger partial charge < -0.3 is 10.5 Å². The Kier molecular flexibility index (Phi) is 1.57. The van der Waals surface area contributed by atoms with Crippen molar-refractivity contribution < 1.29 is 9.59 Å². The Balaban J connectivity index is 2.85. The third-order valence-corrected chi connectivity index (χ3v) is 1.06. The first-order chi connectivity index (χ1) is 4.74. The second-order valence-electron chi connectivity index (χ2n) is 1.76. The topological polar surface area (TPSA) is 84.9 Å². The summed E-state index contributed by atoms with van der Waals surface area (Å²) in [4.78, 5) is 27.0. The predicted octanol–water partition coefficient (Wildman–Crippen LogP) is -0.637. The van der Waals surface area contributed by atoms with Crippen molar-refractivity contribution in [3.63, 3.8) is 0 Å². The second-order valence-corrected chi connectivity index (χ2v) is 1.76. The zero-order valence-electron chi connectivity index (χ0n) is 5.02. The molecule has 0 aromatic heterocycles. The molecule has 0 spiro atoms. The van der Waals surface area contributed by atoms with Crippen molar-refractivity contribution in [2.45, 2.75) is 0 Å². The largest absolute Gasteiger partial charge is 0.386 e. The maximum Gasteiger partial charge on any atom is 0.368 e. The quantitative estimate of drug-likeness (QED) is 0.490. The number of amidine groups is 1. The van der Waals surface area contributed by atoms with E-state index in [0.29, 0.717) is 6.29 Å². The van der Waals surface area contributed by atoms with Gasteiger partial charge in [-0.2, -0.15) is 4.99 Å². The maximum atomic E-state index is 10.4. The zero-order valence-corrected chi connectivity index (χ0v) is 5.02. The number of rotatable bonds is 1. The Morgan fingerprint density at radius 1 is 1.70 bits per heavy atom. The highest BCUT2D eigenvalue weighted by atomic mass is 16.2. The van der Waals surface area contributed by atoms with Crippen molar-refractivity contribution in [3.8, 4) is 0 Å². The van der Waals surface area contributed by atoms with Crippen molar-refractivity contribution in [1.82, 2.24) is 0 Å². The lowest BCUT2D eigenvalue weighted by Crippen LogP contribution is -2.29. The summed E-state index contributed by atoms with van der Waals surface area (Å²) in [7, 11) is 0. The van der Waals surface area contributed by atoms with Crippen LogP contribution in [0.5, 0.6) is 0 Å². The van der Waals surface area contributed by atoms with Crippen molar-refractivity contribution >= 4 is 24.4 Å². The molecule has 10 heavy (non-hydrogen) atoms. The van der Waals surface area contributed by atoms with Gasteiger partial charge in [-0.05, 0) is 0 Å². The fourth-order valence-corrected chi connectivity index (χ4v) is 0.539. The van der Waals surface area contributed by atoms with Crippen molar-refractivity contribution in [3.05, 3.63) is 0 Å². The Morgan fingerprint density at radius 2 is 2.40 bits per heavy atom. The van der Waals surface area contributed by atoms with Crippen LogP contribution in [0.25, 0.3) is 0 Å². The molecule has 0 aromatic rings. The van der Waals surface area contributed by atoms with Crippen molar-refractivity contribution in [2.75, 3.05) is 0 Å². The number of carbonyl (C=O) groups excluding carboxylic acids is 2. The molecule has 5 heteroatoms. The van der Waals surface area contributed by atoms with E-state index in [-0.39, 0.29) is 5.84 Å². The lowest BCUT2D eigenvalue weighted by molar-refractivity contribution is -0.108. The van der Waals surface area contributed by atoms with Crippen LogP contribution in [-0.2, 0) is 4.79 Å². The summed E-state index contributed by atoms with van der Waals surface area (Å²) in [6, 6.07) is -0.657. The number of carbonyl (C=O) groups is 2. The van der Waals surface area contributed by atoms with Gasteiger partial charge in [-0.3, -0.25) is 0 Å². The van der Waals surface area contributed by atoms with Gasteiger partial charge in [-0.15, -0.1) is 0 Å². The Morgan fingerprint density at radius 3 is 2.90 bits per heavy atom. The molecule has 1 atom stereocenters. The fraction of sp³-hybridized carbons (Fsp3) is 0.200. The molecular weight excluding hydrogens is 134 g/mol. The molecule has 1 heterocycles. The van der Waals surface area contributed by atoms with Gasteiger partial charge in [0.1, 0.15) is 18.0 Å². The number of aliphatic imine (C=N–C) groups is 2. The van der Waals surface area contributed by atoms with Gasteiger partial charge in [-0.25, -0.2) is 9.79 Å². The van der Waals surface area contributed by atoms with E-state index in [1.165, 1.54) is 6.21 Å². The van der Waals surface area contributed by atoms with Gasteiger partial charge in [-0.1, -0.05) is 0 Å². The van der Waals surface area contributed by atoms with Gasteiger partial charge >= 0.3 is 6.03 Å². The number of nitrogens with zero attached hydrogens (tertiary/aromatic N) is 2. The minimum atomic E-state index is -0.657. The van der Waals surface area contributed by atoms with Gasteiger partial charge in [0.2, 0.25) is 0 Å². The molecular formula is C5H5N3O2. The normalized spacial score (nSPS) is 24.2. The second kappa shape index (κ2) is 2.38. The molecule has 0 bridgehead atoms. The molecule has 0 aliphatic carbocycles. The summed E-state index contributed by atoms with van der Waals surface area (Å²) >= 11 is 0. The van der Waals surface area contributed by atoms with Crippen LogP contribution < -0.4 is 5.73 Å². The molecule has 1 rings (SSSR count). The minimum Gasteiger partial charge on any atom is -0.386 e. The van der Waals surface area contributed by atoms with Crippen LogP contribution in [0.2, 0.25) is 0 Å². The number of nitrogens with two attached hydrogens (primary N) is 1. The number of hydrogen-bond acceptors (Lipinski definition) is 3. The number of amides is 2. The molecule has 52 valence electrons. The van der Waals surface area contributed by atoms with Crippen LogP contribution in [0.1, 0.15) is 0 Å². The molecule has 1 aliphatic rings. The van der Waals surface area contributed by atoms with E-state index in [1.807, 2.05) is 0 Å². The van der Waals surface area contributed by atoms with E-state index in [9.17, 15) is 9.59 Å². The first kappa shape index (κ1) is 6.60. The summed E-state index contributed by atoms with van der Waals surface area (Å²) < 4.78 is 0. The molecule has 2 amide bonds. The smallest absolute Gasteiger partial charge is 0.368 e. The van der Waals surface area contributed by atoms with Gasteiger partial charge in [0, 0.05) is 6.21 Å². The van der Waals surface area contributed by atoms with E-state index in [4.69, 9.17) is 5.73 Å². The molecule has 1 aliphatic heterocycles. The van der Waals surface area contributed by atoms with Gasteiger partial charge in [0.05, 0.1) is 0 Å². The molecule has 0 radical (unpaired) electrons. The van der Waals surface area contributed by atoms with Gasteiger partial charge in [0.15, 0.2) is 0 Å².